The number of carbonyl (C=O) groups excluding carboxylic acids is 1. The minimum absolute atomic E-state index is 0.322. The van der Waals surface area contributed by atoms with Gasteiger partial charge in [-0.05, 0) is 42.3 Å². The second-order valence-corrected chi connectivity index (χ2v) is 6.29. The van der Waals surface area contributed by atoms with Gasteiger partial charge < -0.3 is 10.6 Å². The lowest BCUT2D eigenvalue weighted by Gasteiger charge is -2.11. The van der Waals surface area contributed by atoms with Gasteiger partial charge in [0.25, 0.3) is 5.91 Å². The van der Waals surface area contributed by atoms with E-state index in [0.29, 0.717) is 23.6 Å². The fraction of sp³-hybridized carbons (Fsp3) is 0.250. The Bertz CT molecular complexity index is 807. The molecule has 0 aromatic heterocycles. The van der Waals surface area contributed by atoms with Gasteiger partial charge in [-0.3, -0.25) is 10.0 Å². The number of rotatable bonds is 7. The number of nitrogens with one attached hydrogen (secondary N) is 3. The molecule has 3 rings (SSSR count). The molecule has 0 saturated carbocycles. The summed E-state index contributed by atoms with van der Waals surface area (Å²) < 4.78 is 14.1. The van der Waals surface area contributed by atoms with Crippen molar-refractivity contribution < 1.29 is 14.4 Å². The zero-order valence-corrected chi connectivity index (χ0v) is 14.3. The van der Waals surface area contributed by atoms with E-state index in [-0.39, 0.29) is 5.82 Å². The third kappa shape index (κ3) is 4.47. The molecule has 0 aliphatic carbocycles. The fourth-order valence-electron chi connectivity index (χ4n) is 3.13. The molecule has 1 unspecified atom stereocenters. The minimum atomic E-state index is -0.654. The molecule has 0 bridgehead atoms. The van der Waals surface area contributed by atoms with Crippen molar-refractivity contribution in [2.24, 2.45) is 0 Å². The number of benzene rings is 2. The van der Waals surface area contributed by atoms with Crippen LogP contribution < -0.4 is 16.1 Å². The Hall–Kier alpha value is -2.70. The number of halogens is 1. The summed E-state index contributed by atoms with van der Waals surface area (Å²) in [6.45, 7) is 2.20. The molecule has 0 spiro atoms. The first-order valence-corrected chi connectivity index (χ1v) is 8.61. The van der Waals surface area contributed by atoms with E-state index in [0.717, 1.165) is 25.6 Å². The topological polar surface area (TPSA) is 73.4 Å². The molecule has 5 nitrogen and oxygen atoms in total. The Morgan fingerprint density at radius 2 is 2.15 bits per heavy atom. The molecule has 6 heteroatoms. The fourth-order valence-corrected chi connectivity index (χ4v) is 3.13. The number of hydrogen-bond acceptors (Lipinski definition) is 4. The van der Waals surface area contributed by atoms with Crippen molar-refractivity contribution in [1.29, 1.82) is 0 Å². The average molecular weight is 355 g/mol. The van der Waals surface area contributed by atoms with Gasteiger partial charge in [0.05, 0.1) is 0 Å². The van der Waals surface area contributed by atoms with Crippen LogP contribution >= 0.6 is 0 Å². The van der Waals surface area contributed by atoms with Crippen LogP contribution in [0.4, 0.5) is 10.1 Å². The van der Waals surface area contributed by atoms with E-state index in [4.69, 9.17) is 5.21 Å². The average Bonchev–Trinajstić information content (AvgIpc) is 3.07. The van der Waals surface area contributed by atoms with Crippen LogP contribution in [-0.4, -0.2) is 24.2 Å². The molecule has 136 valence electrons. The van der Waals surface area contributed by atoms with Crippen molar-refractivity contribution in [1.82, 2.24) is 10.8 Å². The monoisotopic (exact) mass is 355 g/mol. The molecule has 0 radical (unpaired) electrons. The van der Waals surface area contributed by atoms with Gasteiger partial charge in [0.1, 0.15) is 5.82 Å². The summed E-state index contributed by atoms with van der Waals surface area (Å²) in [7, 11) is 0. The maximum absolute atomic E-state index is 14.1. The number of amides is 1. The van der Waals surface area contributed by atoms with Crippen LogP contribution in [0.25, 0.3) is 6.08 Å². The second-order valence-electron chi connectivity index (χ2n) is 6.29. The summed E-state index contributed by atoms with van der Waals surface area (Å²) in [6.07, 6.45) is 3.57. The van der Waals surface area contributed by atoms with E-state index < -0.39 is 5.91 Å². The van der Waals surface area contributed by atoms with Crippen LogP contribution in [0.15, 0.2) is 48.5 Å². The van der Waals surface area contributed by atoms with Gasteiger partial charge >= 0.3 is 0 Å². The van der Waals surface area contributed by atoms with Gasteiger partial charge in [-0.2, -0.15) is 0 Å². The summed E-state index contributed by atoms with van der Waals surface area (Å²) >= 11 is 0. The lowest BCUT2D eigenvalue weighted by molar-refractivity contribution is -0.124. The third-order valence-electron chi connectivity index (χ3n) is 4.54. The number of anilines is 1. The van der Waals surface area contributed by atoms with Crippen LogP contribution in [0, 0.1) is 5.82 Å². The Morgan fingerprint density at radius 3 is 2.96 bits per heavy atom. The van der Waals surface area contributed by atoms with Crippen LogP contribution in [0.3, 0.4) is 0 Å². The smallest absolute Gasteiger partial charge is 0.267 e. The van der Waals surface area contributed by atoms with Gasteiger partial charge in [-0.25, -0.2) is 9.87 Å². The summed E-state index contributed by atoms with van der Waals surface area (Å²) in [5.41, 5.74) is 5.19. The van der Waals surface area contributed by atoms with Gasteiger partial charge in [-0.15, -0.1) is 0 Å². The molecule has 1 heterocycles. The molecule has 0 saturated heterocycles. The molecule has 2 aromatic carbocycles. The van der Waals surface area contributed by atoms with Crippen molar-refractivity contribution in [3.63, 3.8) is 0 Å². The summed E-state index contributed by atoms with van der Waals surface area (Å²) in [4.78, 5) is 10.9. The minimum Gasteiger partial charge on any atom is -0.384 e. The Balaban J connectivity index is 1.48. The number of para-hydroxylation sites is 1. The molecule has 1 aliphatic heterocycles. The number of hydrogen-bond donors (Lipinski definition) is 4. The third-order valence-corrected chi connectivity index (χ3v) is 4.54. The Labute approximate surface area is 151 Å². The molecular weight excluding hydrogens is 333 g/mol. The molecule has 2 aromatic rings. The first kappa shape index (κ1) is 18.1. The molecule has 26 heavy (non-hydrogen) atoms. The van der Waals surface area contributed by atoms with Gasteiger partial charge in [0.2, 0.25) is 0 Å². The molecule has 0 fully saturated rings. The summed E-state index contributed by atoms with van der Waals surface area (Å²) in [6, 6.07) is 13.1. The van der Waals surface area contributed by atoms with Crippen LogP contribution in [0.5, 0.6) is 0 Å². The first-order valence-electron chi connectivity index (χ1n) is 8.61. The number of hydroxylamine groups is 1. The largest absolute Gasteiger partial charge is 0.384 e. The lowest BCUT2D eigenvalue weighted by Crippen LogP contribution is -2.18. The zero-order valence-electron chi connectivity index (χ0n) is 14.3. The van der Waals surface area contributed by atoms with E-state index in [2.05, 4.69) is 28.8 Å². The van der Waals surface area contributed by atoms with E-state index in [1.165, 1.54) is 28.9 Å². The van der Waals surface area contributed by atoms with Crippen LogP contribution in [0.2, 0.25) is 0 Å². The number of carbonyl (C=O) groups is 1. The highest BCUT2D eigenvalue weighted by atomic mass is 19.1. The van der Waals surface area contributed by atoms with Crippen molar-refractivity contribution >= 4 is 17.7 Å². The Kier molecular flexibility index (Phi) is 5.99. The normalized spacial score (nSPS) is 15.7. The summed E-state index contributed by atoms with van der Waals surface area (Å²) in [5, 5.41) is 15.1. The van der Waals surface area contributed by atoms with Gasteiger partial charge in [0.15, 0.2) is 0 Å². The van der Waals surface area contributed by atoms with Crippen molar-refractivity contribution in [3.05, 3.63) is 71.0 Å². The van der Waals surface area contributed by atoms with E-state index in [1.54, 1.807) is 12.1 Å². The zero-order chi connectivity index (χ0) is 18.4. The standard InChI is InChI=1S/C20H22FN3O2/c21-18-11-14(6-8-20(25)24-26)5-7-16(18)12-22-10-9-15-13-23-19-4-2-1-3-17(15)19/h1-8,11,15,22-23,26H,9-10,12-13H2,(H,24,25)/b8-6+. The van der Waals surface area contributed by atoms with Gasteiger partial charge in [-0.1, -0.05) is 30.3 Å². The first-order chi connectivity index (χ1) is 12.7. The van der Waals surface area contributed by atoms with Crippen LogP contribution in [0.1, 0.15) is 29.0 Å². The molecule has 1 atom stereocenters. The predicted molar refractivity (Wildman–Crippen MR) is 99.4 cm³/mol. The highest BCUT2D eigenvalue weighted by Crippen LogP contribution is 2.32. The maximum Gasteiger partial charge on any atom is 0.267 e. The number of fused-ring (bicyclic) bond motifs is 1. The van der Waals surface area contributed by atoms with Gasteiger partial charge in [0, 0.05) is 36.3 Å². The molecule has 1 amide bonds. The second kappa shape index (κ2) is 8.60. The molecular formula is C20H22FN3O2. The van der Waals surface area contributed by atoms with Crippen molar-refractivity contribution in [2.45, 2.75) is 18.9 Å². The van der Waals surface area contributed by atoms with E-state index in [1.807, 2.05) is 6.07 Å². The molecule has 1 aliphatic rings. The van der Waals surface area contributed by atoms with E-state index >= 15 is 0 Å². The predicted octanol–water partition coefficient (Wildman–Crippen LogP) is 3.03. The maximum atomic E-state index is 14.1. The van der Waals surface area contributed by atoms with Crippen LogP contribution in [-0.2, 0) is 11.3 Å². The lowest BCUT2D eigenvalue weighted by atomic mass is 9.98. The van der Waals surface area contributed by atoms with Crippen molar-refractivity contribution in [2.75, 3.05) is 18.4 Å². The quantitative estimate of drug-likeness (QED) is 0.267. The SMILES string of the molecule is O=C(/C=C/c1ccc(CNCCC2CNc3ccccc32)c(F)c1)NO. The van der Waals surface area contributed by atoms with E-state index in [9.17, 15) is 9.18 Å². The molecule has 4 N–H and O–H groups in total. The Morgan fingerprint density at radius 1 is 1.31 bits per heavy atom. The van der Waals surface area contributed by atoms with Crippen molar-refractivity contribution in [3.8, 4) is 0 Å². The summed E-state index contributed by atoms with van der Waals surface area (Å²) in [5.74, 6) is -0.496. The highest BCUT2D eigenvalue weighted by Gasteiger charge is 2.20. The highest BCUT2D eigenvalue weighted by molar-refractivity contribution is 5.90.